The summed E-state index contributed by atoms with van der Waals surface area (Å²) in [6, 6.07) is 15.0. The molecule has 0 bridgehead atoms. The molecule has 3 aliphatic heterocycles. The number of fused-ring (bicyclic) bond motifs is 2. The van der Waals surface area contributed by atoms with Gasteiger partial charge < -0.3 is 20.4 Å². The summed E-state index contributed by atoms with van der Waals surface area (Å²) < 4.78 is 0.866. The summed E-state index contributed by atoms with van der Waals surface area (Å²) in [7, 11) is 0. The van der Waals surface area contributed by atoms with Crippen molar-refractivity contribution in [3.63, 3.8) is 0 Å². The van der Waals surface area contributed by atoms with Crippen LogP contribution in [-0.4, -0.2) is 71.0 Å². The van der Waals surface area contributed by atoms with Crippen molar-refractivity contribution < 1.29 is 24.0 Å². The molecule has 4 amide bonds. The van der Waals surface area contributed by atoms with Gasteiger partial charge in [-0.15, -0.1) is 11.3 Å². The van der Waals surface area contributed by atoms with Crippen molar-refractivity contribution >= 4 is 56.7 Å². The number of amides is 4. The van der Waals surface area contributed by atoms with Crippen LogP contribution in [0.15, 0.2) is 54.6 Å². The summed E-state index contributed by atoms with van der Waals surface area (Å²) >= 11 is 1.27. The van der Waals surface area contributed by atoms with Gasteiger partial charge in [0, 0.05) is 37.7 Å². The lowest BCUT2D eigenvalue weighted by atomic mass is 9.94. The molecule has 11 heteroatoms. The molecule has 1 saturated carbocycles. The Morgan fingerprint density at radius 2 is 1.82 bits per heavy atom. The monoisotopic (exact) mass is 613 g/mol. The highest BCUT2D eigenvalue weighted by atomic mass is 32.1. The minimum atomic E-state index is -0.962. The molecule has 2 aromatic carbocycles. The van der Waals surface area contributed by atoms with Crippen molar-refractivity contribution in [1.29, 1.82) is 0 Å². The zero-order chi connectivity index (χ0) is 30.7. The Hall–Kier alpha value is -4.12. The molecule has 1 aliphatic carbocycles. The van der Waals surface area contributed by atoms with E-state index in [9.17, 15) is 24.0 Å². The number of hydrogen-bond donors (Lipinski definition) is 2. The Labute approximate surface area is 259 Å². The molecule has 4 aliphatic rings. The number of hydrogen-bond acceptors (Lipinski definition) is 7. The van der Waals surface area contributed by atoms with Gasteiger partial charge in [0.2, 0.25) is 29.4 Å². The minimum absolute atomic E-state index is 0.0539. The van der Waals surface area contributed by atoms with Gasteiger partial charge in [-0.2, -0.15) is 0 Å². The van der Waals surface area contributed by atoms with E-state index >= 15 is 0 Å². The third-order valence-electron chi connectivity index (χ3n) is 10.1. The van der Waals surface area contributed by atoms with Gasteiger partial charge in [-0.25, -0.2) is 4.98 Å². The number of piperidine rings is 1. The van der Waals surface area contributed by atoms with E-state index in [1.807, 2.05) is 54.6 Å². The molecule has 4 heterocycles. The number of Topliss-reactive ketones (excluding diaryl/α,β-unsaturated/α-hetero) is 1. The Balaban J connectivity index is 1.13. The lowest BCUT2D eigenvalue weighted by Crippen LogP contribution is -2.55. The third-order valence-corrected chi connectivity index (χ3v) is 11.2. The number of para-hydroxylation sites is 2. The van der Waals surface area contributed by atoms with Crippen LogP contribution in [0.25, 0.3) is 10.2 Å². The van der Waals surface area contributed by atoms with Gasteiger partial charge in [0.1, 0.15) is 6.04 Å². The predicted molar refractivity (Wildman–Crippen MR) is 165 cm³/mol. The molecule has 6 atom stereocenters. The first-order chi connectivity index (χ1) is 21.1. The maximum Gasteiger partial charge on any atom is 0.243 e. The average Bonchev–Trinajstić information content (AvgIpc) is 3.65. The van der Waals surface area contributed by atoms with E-state index in [1.54, 1.807) is 9.80 Å². The van der Waals surface area contributed by atoms with Gasteiger partial charge in [0.05, 0.1) is 22.2 Å². The Kier molecular flexibility index (Phi) is 7.03. The van der Waals surface area contributed by atoms with E-state index in [4.69, 9.17) is 0 Å². The predicted octanol–water partition coefficient (Wildman–Crippen LogP) is 3.03. The summed E-state index contributed by atoms with van der Waals surface area (Å²) in [5, 5.41) is 6.09. The van der Waals surface area contributed by atoms with Crippen molar-refractivity contribution in [3.05, 3.63) is 59.6 Å². The first-order valence-corrected chi connectivity index (χ1v) is 16.1. The molecule has 1 unspecified atom stereocenters. The number of carbonyl (C=O) groups is 5. The molecule has 10 nitrogen and oxygen atoms in total. The summed E-state index contributed by atoms with van der Waals surface area (Å²) in [4.78, 5) is 75.2. The number of benzene rings is 2. The van der Waals surface area contributed by atoms with Crippen LogP contribution in [0.3, 0.4) is 0 Å². The van der Waals surface area contributed by atoms with Gasteiger partial charge in [-0.3, -0.25) is 24.0 Å². The topological polar surface area (TPSA) is 129 Å². The highest BCUT2D eigenvalue weighted by Gasteiger charge is 2.69. The first-order valence-electron chi connectivity index (χ1n) is 15.3. The molecule has 2 N–H and O–H groups in total. The molecule has 3 saturated heterocycles. The zero-order valence-electron chi connectivity index (χ0n) is 24.7. The van der Waals surface area contributed by atoms with E-state index in [0.29, 0.717) is 25.0 Å². The van der Waals surface area contributed by atoms with Crippen LogP contribution < -0.4 is 15.5 Å². The number of rotatable bonds is 8. The highest BCUT2D eigenvalue weighted by molar-refractivity contribution is 7.20. The van der Waals surface area contributed by atoms with Crippen LogP contribution in [0.2, 0.25) is 0 Å². The number of ketones is 1. The van der Waals surface area contributed by atoms with E-state index < -0.39 is 29.8 Å². The van der Waals surface area contributed by atoms with Crippen molar-refractivity contribution in [2.75, 3.05) is 24.5 Å². The maximum absolute atomic E-state index is 14.2. The van der Waals surface area contributed by atoms with E-state index in [1.165, 1.54) is 11.3 Å². The number of likely N-dealkylation sites (tertiary alicyclic amines) is 1. The SMILES string of the molecule is CC1(C)[C@@H]2[C@@H](C(=O)NC(C[C@@H]3CCNC3=O)C(=O)c3nc4ccccc4s3)N(C(=O)[C@@H]3CC(=O)N(c4ccccc4)C3)C[C@@H]21. The summed E-state index contributed by atoms with van der Waals surface area (Å²) in [5.74, 6) is -2.03. The number of carbonyl (C=O) groups excluding carboxylic acids is 5. The molecule has 228 valence electrons. The van der Waals surface area contributed by atoms with Gasteiger partial charge in [-0.05, 0) is 54.4 Å². The normalized spacial score (nSPS) is 27.7. The van der Waals surface area contributed by atoms with Crippen molar-refractivity contribution in [2.24, 2.45) is 29.1 Å². The molecule has 4 fully saturated rings. The highest BCUT2D eigenvalue weighted by Crippen LogP contribution is 2.65. The van der Waals surface area contributed by atoms with Crippen LogP contribution >= 0.6 is 11.3 Å². The Morgan fingerprint density at radius 3 is 2.55 bits per heavy atom. The lowest BCUT2D eigenvalue weighted by molar-refractivity contribution is -0.143. The fourth-order valence-electron chi connectivity index (χ4n) is 7.55. The zero-order valence-corrected chi connectivity index (χ0v) is 25.5. The molecule has 44 heavy (non-hydrogen) atoms. The molecule has 7 rings (SSSR count). The number of anilines is 1. The number of nitrogens with zero attached hydrogens (tertiary/aromatic N) is 3. The summed E-state index contributed by atoms with van der Waals surface area (Å²) in [6.07, 6.45) is 0.832. The molecule has 1 aromatic heterocycles. The molecule has 3 aromatic rings. The quantitative estimate of drug-likeness (QED) is 0.376. The fourth-order valence-corrected chi connectivity index (χ4v) is 8.51. The first kappa shape index (κ1) is 28.6. The second-order valence-corrected chi connectivity index (χ2v) is 14.1. The number of nitrogens with one attached hydrogen (secondary N) is 2. The lowest BCUT2D eigenvalue weighted by Gasteiger charge is -2.33. The minimum Gasteiger partial charge on any atom is -0.356 e. The number of thiazole rings is 1. The second kappa shape index (κ2) is 10.8. The third kappa shape index (κ3) is 4.87. The van der Waals surface area contributed by atoms with E-state index in [0.717, 1.165) is 10.4 Å². The van der Waals surface area contributed by atoms with Crippen molar-refractivity contribution in [1.82, 2.24) is 20.5 Å². The number of aromatic nitrogens is 1. The average molecular weight is 614 g/mol. The van der Waals surface area contributed by atoms with Crippen molar-refractivity contribution in [2.45, 2.75) is 45.2 Å². The molecular formula is C33H35N5O5S. The van der Waals surface area contributed by atoms with Gasteiger partial charge in [0.25, 0.3) is 0 Å². The van der Waals surface area contributed by atoms with Gasteiger partial charge in [0.15, 0.2) is 5.01 Å². The largest absolute Gasteiger partial charge is 0.356 e. The Morgan fingerprint density at radius 1 is 1.07 bits per heavy atom. The summed E-state index contributed by atoms with van der Waals surface area (Å²) in [6.45, 7) is 5.44. The van der Waals surface area contributed by atoms with E-state index in [2.05, 4.69) is 29.5 Å². The van der Waals surface area contributed by atoms with Crippen LogP contribution in [0.4, 0.5) is 5.69 Å². The summed E-state index contributed by atoms with van der Waals surface area (Å²) in [5.41, 5.74) is 1.33. The van der Waals surface area contributed by atoms with Crippen LogP contribution in [-0.2, 0) is 19.2 Å². The van der Waals surface area contributed by atoms with Crippen molar-refractivity contribution in [3.8, 4) is 0 Å². The second-order valence-electron chi connectivity index (χ2n) is 13.1. The van der Waals surface area contributed by atoms with Gasteiger partial charge >= 0.3 is 0 Å². The fraction of sp³-hybridized carbons (Fsp3) is 0.455. The smallest absolute Gasteiger partial charge is 0.243 e. The Bertz CT molecular complexity index is 1640. The standard InChI is InChI=1S/C33H35N5O5S/c1-33(2)21-17-38(32(43)19-15-25(39)37(16-19)20-8-4-3-5-9-20)27(26(21)33)30(42)35-23(14-18-12-13-34-29(18)41)28(40)31-36-22-10-6-7-11-24(22)44-31/h3-11,18-19,21,23,26-27H,12-17H2,1-2H3,(H,34,41)(H,35,42)/t18-,19+,21-,23?,26-,27-/m0/s1. The molecule has 0 radical (unpaired) electrons. The molecule has 0 spiro atoms. The van der Waals surface area contributed by atoms with E-state index in [-0.39, 0.29) is 65.1 Å². The van der Waals surface area contributed by atoms with Gasteiger partial charge in [-0.1, -0.05) is 44.2 Å². The van der Waals surface area contributed by atoms with Crippen LogP contribution in [0, 0.1) is 29.1 Å². The van der Waals surface area contributed by atoms with Crippen LogP contribution in [0.5, 0.6) is 0 Å². The maximum atomic E-state index is 14.2. The van der Waals surface area contributed by atoms with Crippen LogP contribution in [0.1, 0.15) is 42.9 Å². The molecular weight excluding hydrogens is 578 g/mol.